The Kier molecular flexibility index (Phi) is 9.88. The summed E-state index contributed by atoms with van der Waals surface area (Å²) in [6.45, 7) is 17.3. The Labute approximate surface area is 119 Å². The van der Waals surface area contributed by atoms with Crippen molar-refractivity contribution in [3.63, 3.8) is 0 Å². The van der Waals surface area contributed by atoms with Crippen LogP contribution in [0.15, 0.2) is 0 Å². The third-order valence-electron chi connectivity index (χ3n) is 3.06. The van der Waals surface area contributed by atoms with Crippen LogP contribution in [0.25, 0.3) is 0 Å². The molecule has 0 aliphatic rings. The van der Waals surface area contributed by atoms with Crippen molar-refractivity contribution in [2.75, 3.05) is 39.3 Å². The summed E-state index contributed by atoms with van der Waals surface area (Å²) in [7, 11) is 0. The van der Waals surface area contributed by atoms with Crippen LogP contribution >= 0.6 is 0 Å². The van der Waals surface area contributed by atoms with Crippen LogP contribution in [0.4, 0.5) is 0 Å². The molecule has 0 atom stereocenters. The average Bonchev–Trinajstić information content (AvgIpc) is 2.35. The highest BCUT2D eigenvalue weighted by atomic mass is 16.5. The number of rotatable bonds is 10. The summed E-state index contributed by atoms with van der Waals surface area (Å²) in [6.07, 6.45) is 0.104. The summed E-state index contributed by atoms with van der Waals surface area (Å²) >= 11 is 0. The highest BCUT2D eigenvalue weighted by Crippen LogP contribution is 2.02. The van der Waals surface area contributed by atoms with E-state index in [1.54, 1.807) is 0 Å². The van der Waals surface area contributed by atoms with Crippen molar-refractivity contribution < 1.29 is 9.53 Å². The summed E-state index contributed by atoms with van der Waals surface area (Å²) in [5.41, 5.74) is 0. The second kappa shape index (κ2) is 10.2. The largest absolute Gasteiger partial charge is 0.369 e. The van der Waals surface area contributed by atoms with Gasteiger partial charge >= 0.3 is 0 Å². The maximum Gasteiger partial charge on any atom is 0.248 e. The number of amides is 1. The molecule has 1 amide bonds. The molecule has 0 aliphatic heterocycles. The molecule has 4 heteroatoms. The van der Waals surface area contributed by atoms with Crippen molar-refractivity contribution in [3.05, 3.63) is 0 Å². The van der Waals surface area contributed by atoms with Gasteiger partial charge in [0.2, 0.25) is 5.91 Å². The Morgan fingerprint density at radius 3 is 2.05 bits per heavy atom. The molecule has 0 saturated carbocycles. The summed E-state index contributed by atoms with van der Waals surface area (Å²) < 4.78 is 5.42. The highest BCUT2D eigenvalue weighted by molar-refractivity contribution is 5.77. The zero-order chi connectivity index (χ0) is 14.8. The van der Waals surface area contributed by atoms with Crippen LogP contribution in [0.2, 0.25) is 0 Å². The van der Waals surface area contributed by atoms with E-state index in [0.29, 0.717) is 5.92 Å². The fourth-order valence-corrected chi connectivity index (χ4v) is 1.89. The summed E-state index contributed by atoms with van der Waals surface area (Å²) in [5, 5.41) is 0. The lowest BCUT2D eigenvalue weighted by Gasteiger charge is -2.28. The molecule has 0 bridgehead atoms. The predicted molar refractivity (Wildman–Crippen MR) is 80.3 cm³/mol. The lowest BCUT2D eigenvalue weighted by Crippen LogP contribution is -2.42. The molecular formula is C15H32N2O2. The van der Waals surface area contributed by atoms with Crippen LogP contribution in [0.3, 0.4) is 0 Å². The molecule has 0 aliphatic carbocycles. The zero-order valence-electron chi connectivity index (χ0n) is 13.6. The molecule has 4 nitrogen and oxygen atoms in total. The molecule has 0 saturated heterocycles. The van der Waals surface area contributed by atoms with Gasteiger partial charge in [0.15, 0.2) is 0 Å². The van der Waals surface area contributed by atoms with Crippen molar-refractivity contribution in [1.82, 2.24) is 9.80 Å². The van der Waals surface area contributed by atoms with Gasteiger partial charge in [-0.1, -0.05) is 27.7 Å². The first-order valence-corrected chi connectivity index (χ1v) is 7.52. The van der Waals surface area contributed by atoms with E-state index in [1.807, 2.05) is 18.7 Å². The van der Waals surface area contributed by atoms with Gasteiger partial charge in [0, 0.05) is 19.6 Å². The number of likely N-dealkylation sites (N-methyl/N-ethyl adjacent to an activating group) is 1. The van der Waals surface area contributed by atoms with Crippen molar-refractivity contribution in [3.8, 4) is 0 Å². The number of hydrogen-bond donors (Lipinski definition) is 0. The first-order valence-electron chi connectivity index (χ1n) is 7.52. The van der Waals surface area contributed by atoms with Gasteiger partial charge in [0.25, 0.3) is 0 Å². The van der Waals surface area contributed by atoms with Crippen LogP contribution in [-0.2, 0) is 9.53 Å². The van der Waals surface area contributed by atoms with Gasteiger partial charge in [-0.15, -0.1) is 0 Å². The number of carbonyl (C=O) groups excluding carboxylic acids is 1. The second-order valence-electron chi connectivity index (χ2n) is 5.62. The molecule has 0 heterocycles. The molecule has 0 spiro atoms. The molecule has 0 aromatic carbocycles. The second-order valence-corrected chi connectivity index (χ2v) is 5.62. The number of hydrogen-bond acceptors (Lipinski definition) is 3. The Morgan fingerprint density at radius 2 is 1.63 bits per heavy atom. The minimum atomic E-state index is 0.104. The number of nitrogens with zero attached hydrogens (tertiary/aromatic N) is 2. The van der Waals surface area contributed by atoms with E-state index >= 15 is 0 Å². The van der Waals surface area contributed by atoms with Crippen LogP contribution in [0, 0.1) is 5.92 Å². The van der Waals surface area contributed by atoms with E-state index < -0.39 is 0 Å². The van der Waals surface area contributed by atoms with Gasteiger partial charge < -0.3 is 14.5 Å². The van der Waals surface area contributed by atoms with E-state index in [-0.39, 0.29) is 18.6 Å². The smallest absolute Gasteiger partial charge is 0.248 e. The lowest BCUT2D eigenvalue weighted by molar-refractivity contribution is -0.138. The molecule has 0 N–H and O–H groups in total. The summed E-state index contributed by atoms with van der Waals surface area (Å²) in [4.78, 5) is 16.4. The highest BCUT2D eigenvalue weighted by Gasteiger charge is 2.16. The Hall–Kier alpha value is -0.610. The summed E-state index contributed by atoms with van der Waals surface area (Å²) in [6, 6.07) is 0. The lowest BCUT2D eigenvalue weighted by atomic mass is 10.2. The van der Waals surface area contributed by atoms with Gasteiger partial charge in [-0.3, -0.25) is 4.79 Å². The molecule has 19 heavy (non-hydrogen) atoms. The van der Waals surface area contributed by atoms with E-state index in [0.717, 1.165) is 32.7 Å². The molecule has 0 radical (unpaired) electrons. The Morgan fingerprint density at radius 1 is 1.05 bits per heavy atom. The van der Waals surface area contributed by atoms with E-state index in [2.05, 4.69) is 32.6 Å². The molecular weight excluding hydrogens is 240 g/mol. The predicted octanol–water partition coefficient (Wildman–Crippen LogP) is 2.24. The maximum atomic E-state index is 12.2. The monoisotopic (exact) mass is 272 g/mol. The van der Waals surface area contributed by atoms with E-state index in [1.165, 1.54) is 0 Å². The number of ether oxygens (including phenoxy) is 1. The molecule has 0 fully saturated rings. The van der Waals surface area contributed by atoms with Crippen LogP contribution in [0.1, 0.15) is 41.5 Å². The minimum absolute atomic E-state index is 0.104. The quantitative estimate of drug-likeness (QED) is 0.611. The van der Waals surface area contributed by atoms with Crippen molar-refractivity contribution in [1.29, 1.82) is 0 Å². The standard InChI is InChI=1S/C15H32N2O2/c1-7-16(8-2)9-10-17(11-13(3)4)15(18)12-19-14(5)6/h13-14H,7-12H2,1-6H3. The molecule has 114 valence electrons. The fraction of sp³-hybridized carbons (Fsp3) is 0.933. The van der Waals surface area contributed by atoms with Gasteiger partial charge in [0.1, 0.15) is 6.61 Å². The first kappa shape index (κ1) is 18.4. The SMILES string of the molecule is CCN(CC)CCN(CC(C)C)C(=O)COC(C)C. The van der Waals surface area contributed by atoms with Gasteiger partial charge in [-0.05, 0) is 32.9 Å². The Balaban J connectivity index is 4.32. The molecule has 0 unspecified atom stereocenters. The Bertz CT molecular complexity index is 238. The van der Waals surface area contributed by atoms with Crippen molar-refractivity contribution in [2.24, 2.45) is 5.92 Å². The fourth-order valence-electron chi connectivity index (χ4n) is 1.89. The van der Waals surface area contributed by atoms with Crippen LogP contribution < -0.4 is 0 Å². The topological polar surface area (TPSA) is 32.8 Å². The van der Waals surface area contributed by atoms with Crippen LogP contribution in [0.5, 0.6) is 0 Å². The molecule has 0 aromatic rings. The zero-order valence-corrected chi connectivity index (χ0v) is 13.6. The molecule has 0 aromatic heterocycles. The van der Waals surface area contributed by atoms with Gasteiger partial charge in [0.05, 0.1) is 6.10 Å². The maximum absolute atomic E-state index is 12.2. The van der Waals surface area contributed by atoms with Crippen molar-refractivity contribution >= 4 is 5.91 Å². The average molecular weight is 272 g/mol. The summed E-state index contributed by atoms with van der Waals surface area (Å²) in [5.74, 6) is 0.592. The molecule has 0 rings (SSSR count). The normalized spacial score (nSPS) is 11.6. The first-order chi connectivity index (χ1) is 8.90. The number of carbonyl (C=O) groups is 1. The van der Waals surface area contributed by atoms with E-state index in [4.69, 9.17) is 4.74 Å². The minimum Gasteiger partial charge on any atom is -0.369 e. The van der Waals surface area contributed by atoms with Gasteiger partial charge in [-0.2, -0.15) is 0 Å². The van der Waals surface area contributed by atoms with Crippen LogP contribution in [-0.4, -0.2) is 61.1 Å². The third-order valence-corrected chi connectivity index (χ3v) is 3.06. The van der Waals surface area contributed by atoms with Crippen molar-refractivity contribution in [2.45, 2.75) is 47.6 Å². The van der Waals surface area contributed by atoms with E-state index in [9.17, 15) is 4.79 Å². The third kappa shape index (κ3) is 9.00. The van der Waals surface area contributed by atoms with Gasteiger partial charge in [-0.25, -0.2) is 0 Å².